The van der Waals surface area contributed by atoms with Gasteiger partial charge in [0.25, 0.3) is 5.69 Å². The smallest absolute Gasteiger partial charge is 0.292 e. The summed E-state index contributed by atoms with van der Waals surface area (Å²) in [6.07, 6.45) is 2.89. The monoisotopic (exact) mass is 295 g/mol. The van der Waals surface area contributed by atoms with Crippen molar-refractivity contribution in [2.75, 3.05) is 5.32 Å². The maximum Gasteiger partial charge on any atom is 0.292 e. The van der Waals surface area contributed by atoms with Crippen LogP contribution in [-0.4, -0.2) is 22.9 Å². The van der Waals surface area contributed by atoms with Crippen molar-refractivity contribution in [2.24, 2.45) is 5.92 Å². The first-order chi connectivity index (χ1) is 9.54. The molecule has 0 aliphatic carbocycles. The van der Waals surface area contributed by atoms with Crippen LogP contribution in [0.25, 0.3) is 0 Å². The predicted molar refractivity (Wildman–Crippen MR) is 74.8 cm³/mol. The molecule has 2 aliphatic rings. The van der Waals surface area contributed by atoms with Crippen molar-refractivity contribution in [1.29, 1.82) is 0 Å². The number of fused-ring (bicyclic) bond motifs is 2. The van der Waals surface area contributed by atoms with Crippen molar-refractivity contribution >= 4 is 28.9 Å². The molecule has 1 amide bonds. The number of hydrogen-bond acceptors (Lipinski definition) is 4. The molecule has 0 aromatic heterocycles. The first-order valence-corrected chi connectivity index (χ1v) is 6.93. The number of nitro groups is 1. The Morgan fingerprint density at radius 3 is 2.85 bits per heavy atom. The number of carbonyl (C=O) groups excluding carboxylic acids is 1. The number of nitrogens with zero attached hydrogens (tertiary/aromatic N) is 1. The highest BCUT2D eigenvalue weighted by molar-refractivity contribution is 6.31. The van der Waals surface area contributed by atoms with Crippen LogP contribution in [0.3, 0.4) is 0 Å². The van der Waals surface area contributed by atoms with Crippen LogP contribution in [-0.2, 0) is 4.79 Å². The van der Waals surface area contributed by atoms with Gasteiger partial charge in [0.1, 0.15) is 5.69 Å². The van der Waals surface area contributed by atoms with Gasteiger partial charge in [-0.1, -0.05) is 11.6 Å². The summed E-state index contributed by atoms with van der Waals surface area (Å²) in [7, 11) is 0. The Labute approximate surface area is 120 Å². The molecule has 7 heteroatoms. The van der Waals surface area contributed by atoms with Gasteiger partial charge in [0.05, 0.1) is 10.8 Å². The number of benzene rings is 1. The number of hydrogen-bond donors (Lipinski definition) is 2. The summed E-state index contributed by atoms with van der Waals surface area (Å²) >= 11 is 5.84. The van der Waals surface area contributed by atoms with Crippen LogP contribution >= 0.6 is 11.6 Å². The van der Waals surface area contributed by atoms with Gasteiger partial charge in [-0.15, -0.1) is 0 Å². The molecular formula is C13H14ClN3O3. The fraction of sp³-hybridized carbons (Fsp3) is 0.462. The zero-order chi connectivity index (χ0) is 14.3. The lowest BCUT2D eigenvalue weighted by molar-refractivity contribution is -0.383. The highest BCUT2D eigenvalue weighted by Gasteiger charge is 2.43. The molecule has 3 atom stereocenters. The zero-order valence-electron chi connectivity index (χ0n) is 10.6. The van der Waals surface area contributed by atoms with E-state index < -0.39 is 4.92 Å². The highest BCUT2D eigenvalue weighted by atomic mass is 35.5. The number of nitro benzene ring substituents is 1. The van der Waals surface area contributed by atoms with E-state index in [0.29, 0.717) is 11.1 Å². The van der Waals surface area contributed by atoms with Crippen LogP contribution in [0.4, 0.5) is 11.4 Å². The molecule has 3 unspecified atom stereocenters. The van der Waals surface area contributed by atoms with Gasteiger partial charge in [0, 0.05) is 23.2 Å². The quantitative estimate of drug-likeness (QED) is 0.662. The van der Waals surface area contributed by atoms with Gasteiger partial charge in [0.2, 0.25) is 5.91 Å². The van der Waals surface area contributed by atoms with Gasteiger partial charge in [0.15, 0.2) is 0 Å². The Kier molecular flexibility index (Phi) is 3.35. The Hall–Kier alpha value is -1.66. The van der Waals surface area contributed by atoms with Gasteiger partial charge >= 0.3 is 0 Å². The van der Waals surface area contributed by atoms with Crippen molar-refractivity contribution in [2.45, 2.75) is 31.3 Å². The molecule has 2 N–H and O–H groups in total. The fourth-order valence-corrected chi connectivity index (χ4v) is 3.28. The SMILES string of the molecule is O=C(Nc1cc(Cl)ccc1[N+](=O)[O-])C1CC2CCC1N2. The Morgan fingerprint density at radius 2 is 2.25 bits per heavy atom. The van der Waals surface area contributed by atoms with E-state index in [9.17, 15) is 14.9 Å². The first kappa shape index (κ1) is 13.3. The standard InChI is InChI=1S/C13H14ClN3O3/c14-7-1-4-12(17(19)20)11(5-7)16-13(18)9-6-8-2-3-10(9)15-8/h1,4-5,8-10,15H,2-3,6H2,(H,16,18). The maximum absolute atomic E-state index is 12.3. The third-order valence-electron chi connectivity index (χ3n) is 4.05. The minimum absolute atomic E-state index is 0.118. The third kappa shape index (κ3) is 2.36. The summed E-state index contributed by atoms with van der Waals surface area (Å²) in [6.45, 7) is 0. The Balaban J connectivity index is 1.79. The molecule has 3 rings (SSSR count). The molecule has 6 nitrogen and oxygen atoms in total. The van der Waals surface area contributed by atoms with E-state index in [-0.39, 0.29) is 29.2 Å². The van der Waals surface area contributed by atoms with Crippen molar-refractivity contribution in [1.82, 2.24) is 5.32 Å². The number of amides is 1. The molecule has 2 bridgehead atoms. The van der Waals surface area contributed by atoms with E-state index in [1.54, 1.807) is 0 Å². The van der Waals surface area contributed by atoms with Crippen molar-refractivity contribution in [3.8, 4) is 0 Å². The Morgan fingerprint density at radius 1 is 1.45 bits per heavy atom. The normalized spacial score (nSPS) is 27.6. The van der Waals surface area contributed by atoms with Crippen LogP contribution in [0, 0.1) is 16.0 Å². The number of carbonyl (C=O) groups is 1. The van der Waals surface area contributed by atoms with E-state index in [4.69, 9.17) is 11.6 Å². The van der Waals surface area contributed by atoms with E-state index in [1.807, 2.05) is 0 Å². The average Bonchev–Trinajstić information content (AvgIpc) is 3.00. The summed E-state index contributed by atoms with van der Waals surface area (Å²) in [4.78, 5) is 22.7. The number of nitrogens with one attached hydrogen (secondary N) is 2. The van der Waals surface area contributed by atoms with Crippen LogP contribution < -0.4 is 10.6 Å². The second-order valence-electron chi connectivity index (χ2n) is 5.30. The summed E-state index contributed by atoms with van der Waals surface area (Å²) < 4.78 is 0. The number of rotatable bonds is 3. The Bertz CT molecular complexity index is 578. The van der Waals surface area contributed by atoms with Crippen molar-refractivity contribution in [3.05, 3.63) is 33.3 Å². The van der Waals surface area contributed by atoms with Crippen molar-refractivity contribution in [3.63, 3.8) is 0 Å². The highest BCUT2D eigenvalue weighted by Crippen LogP contribution is 2.35. The molecule has 2 saturated heterocycles. The zero-order valence-corrected chi connectivity index (χ0v) is 11.4. The minimum Gasteiger partial charge on any atom is -0.320 e. The van der Waals surface area contributed by atoms with Crippen LogP contribution in [0.15, 0.2) is 18.2 Å². The van der Waals surface area contributed by atoms with E-state index in [1.165, 1.54) is 18.2 Å². The maximum atomic E-state index is 12.3. The van der Waals surface area contributed by atoms with E-state index >= 15 is 0 Å². The van der Waals surface area contributed by atoms with Crippen LogP contribution in [0.1, 0.15) is 19.3 Å². The summed E-state index contributed by atoms with van der Waals surface area (Å²) in [5, 5.41) is 17.3. The topological polar surface area (TPSA) is 84.3 Å². The molecule has 20 heavy (non-hydrogen) atoms. The molecule has 0 saturated carbocycles. The van der Waals surface area contributed by atoms with Crippen LogP contribution in [0.2, 0.25) is 5.02 Å². The van der Waals surface area contributed by atoms with Gasteiger partial charge in [-0.05, 0) is 31.4 Å². The second-order valence-corrected chi connectivity index (χ2v) is 5.73. The molecule has 2 fully saturated rings. The average molecular weight is 296 g/mol. The summed E-state index contributed by atoms with van der Waals surface area (Å²) in [5.74, 6) is -0.289. The summed E-state index contributed by atoms with van der Waals surface area (Å²) in [6, 6.07) is 4.76. The molecule has 1 aromatic carbocycles. The number of anilines is 1. The largest absolute Gasteiger partial charge is 0.320 e. The minimum atomic E-state index is -0.523. The lowest BCUT2D eigenvalue weighted by Gasteiger charge is -2.19. The molecule has 0 spiro atoms. The molecular weight excluding hydrogens is 282 g/mol. The van der Waals surface area contributed by atoms with Crippen LogP contribution in [0.5, 0.6) is 0 Å². The van der Waals surface area contributed by atoms with Gasteiger partial charge < -0.3 is 10.6 Å². The lowest BCUT2D eigenvalue weighted by atomic mass is 9.88. The molecule has 1 aromatic rings. The van der Waals surface area contributed by atoms with Crippen molar-refractivity contribution < 1.29 is 9.72 Å². The van der Waals surface area contributed by atoms with Gasteiger partial charge in [-0.2, -0.15) is 0 Å². The van der Waals surface area contributed by atoms with E-state index in [2.05, 4.69) is 10.6 Å². The molecule has 0 radical (unpaired) electrons. The molecule has 2 aliphatic heterocycles. The number of halogens is 1. The van der Waals surface area contributed by atoms with E-state index in [0.717, 1.165) is 19.3 Å². The second kappa shape index (κ2) is 5.03. The van der Waals surface area contributed by atoms with Gasteiger partial charge in [-0.25, -0.2) is 0 Å². The van der Waals surface area contributed by atoms with Gasteiger partial charge in [-0.3, -0.25) is 14.9 Å². The molecule has 2 heterocycles. The predicted octanol–water partition coefficient (Wildman–Crippen LogP) is 2.33. The lowest BCUT2D eigenvalue weighted by Crippen LogP contribution is -2.33. The third-order valence-corrected chi connectivity index (χ3v) is 4.29. The first-order valence-electron chi connectivity index (χ1n) is 6.55. The summed E-state index contributed by atoms with van der Waals surface area (Å²) in [5.41, 5.74) is 0.0224. The molecule has 106 valence electrons. The fourth-order valence-electron chi connectivity index (χ4n) is 3.11.